The minimum atomic E-state index is -0.377. The van der Waals surface area contributed by atoms with Crippen LogP contribution in [0.25, 0.3) is 10.7 Å². The van der Waals surface area contributed by atoms with E-state index in [9.17, 15) is 9.59 Å². The lowest BCUT2D eigenvalue weighted by Gasteiger charge is -2.19. The van der Waals surface area contributed by atoms with Crippen molar-refractivity contribution in [2.45, 2.75) is 13.8 Å². The number of esters is 1. The highest BCUT2D eigenvalue weighted by atomic mass is 32.1. The molecule has 0 radical (unpaired) electrons. The van der Waals surface area contributed by atoms with Gasteiger partial charge in [0.2, 0.25) is 0 Å². The first kappa shape index (κ1) is 17.1. The molecular weight excluding hydrogens is 314 g/mol. The van der Waals surface area contributed by atoms with E-state index < -0.39 is 0 Å². The number of thiazole rings is 1. The largest absolute Gasteiger partial charge is 0.469 e. The molecule has 1 amide bonds. The molecule has 1 unspecified atom stereocenters. The molecule has 2 rings (SSSR count). The number of aromatic nitrogens is 2. The van der Waals surface area contributed by atoms with Crippen molar-refractivity contribution in [1.82, 2.24) is 14.9 Å². The smallest absolute Gasteiger partial charge is 0.310 e. The topological polar surface area (TPSA) is 72.4 Å². The highest BCUT2D eigenvalue weighted by Crippen LogP contribution is 2.27. The second-order valence-corrected chi connectivity index (χ2v) is 6.26. The van der Waals surface area contributed by atoms with Crippen LogP contribution in [-0.4, -0.2) is 47.4 Å². The summed E-state index contributed by atoms with van der Waals surface area (Å²) in [6, 6.07) is 5.57. The molecule has 0 aromatic carbocycles. The van der Waals surface area contributed by atoms with Crippen molar-refractivity contribution >= 4 is 23.2 Å². The van der Waals surface area contributed by atoms with Gasteiger partial charge in [-0.05, 0) is 19.1 Å². The first-order valence-corrected chi connectivity index (χ1v) is 7.97. The Hall–Kier alpha value is -2.28. The fraction of sp³-hybridized carbons (Fsp3) is 0.375. The van der Waals surface area contributed by atoms with Crippen LogP contribution in [-0.2, 0) is 9.53 Å². The Labute approximate surface area is 139 Å². The second kappa shape index (κ2) is 7.32. The SMILES string of the molecule is COC(=O)C(C)CN(C)C(=O)c1sc(-c2ccccn2)nc1C. The van der Waals surface area contributed by atoms with Crippen molar-refractivity contribution in [3.63, 3.8) is 0 Å². The fourth-order valence-electron chi connectivity index (χ4n) is 2.14. The summed E-state index contributed by atoms with van der Waals surface area (Å²) in [7, 11) is 3.01. The van der Waals surface area contributed by atoms with Crippen molar-refractivity contribution in [2.24, 2.45) is 5.92 Å². The van der Waals surface area contributed by atoms with Crippen molar-refractivity contribution in [3.05, 3.63) is 35.0 Å². The molecule has 2 heterocycles. The summed E-state index contributed by atoms with van der Waals surface area (Å²) in [5, 5.41) is 0.709. The van der Waals surface area contributed by atoms with Crippen molar-refractivity contribution in [2.75, 3.05) is 20.7 Å². The number of nitrogens with zero attached hydrogens (tertiary/aromatic N) is 3. The number of ether oxygens (including phenoxy) is 1. The molecule has 0 fully saturated rings. The van der Waals surface area contributed by atoms with Gasteiger partial charge in [0.25, 0.3) is 5.91 Å². The second-order valence-electron chi connectivity index (χ2n) is 5.26. The Morgan fingerprint density at radius 3 is 2.74 bits per heavy atom. The van der Waals surface area contributed by atoms with Gasteiger partial charge in [0, 0.05) is 19.8 Å². The molecule has 7 heteroatoms. The highest BCUT2D eigenvalue weighted by molar-refractivity contribution is 7.17. The molecule has 0 aliphatic rings. The molecule has 0 bridgehead atoms. The van der Waals surface area contributed by atoms with E-state index in [2.05, 4.69) is 14.7 Å². The van der Waals surface area contributed by atoms with E-state index in [1.54, 1.807) is 27.1 Å². The molecule has 0 aliphatic carbocycles. The summed E-state index contributed by atoms with van der Waals surface area (Å²) < 4.78 is 4.69. The lowest BCUT2D eigenvalue weighted by atomic mass is 10.1. The van der Waals surface area contributed by atoms with Crippen molar-refractivity contribution in [3.8, 4) is 10.7 Å². The maximum atomic E-state index is 12.6. The Morgan fingerprint density at radius 1 is 1.39 bits per heavy atom. The normalized spacial score (nSPS) is 11.8. The van der Waals surface area contributed by atoms with Crippen molar-refractivity contribution in [1.29, 1.82) is 0 Å². The minimum Gasteiger partial charge on any atom is -0.469 e. The van der Waals surface area contributed by atoms with E-state index in [0.717, 1.165) is 5.69 Å². The number of carbonyl (C=O) groups is 2. The van der Waals surface area contributed by atoms with Gasteiger partial charge in [0.15, 0.2) is 0 Å². The molecule has 1 atom stereocenters. The number of hydrogen-bond donors (Lipinski definition) is 0. The summed E-state index contributed by atoms with van der Waals surface area (Å²) in [6.07, 6.45) is 1.69. The van der Waals surface area contributed by atoms with Crippen LogP contribution in [0, 0.1) is 12.8 Å². The summed E-state index contributed by atoms with van der Waals surface area (Å²) in [4.78, 5) is 34.8. The van der Waals surface area contributed by atoms with Crippen LogP contribution < -0.4 is 0 Å². The summed E-state index contributed by atoms with van der Waals surface area (Å²) in [6.45, 7) is 3.82. The Balaban J connectivity index is 2.17. The van der Waals surface area contributed by atoms with E-state index >= 15 is 0 Å². The van der Waals surface area contributed by atoms with Crippen LogP contribution in [0.2, 0.25) is 0 Å². The third kappa shape index (κ3) is 3.92. The predicted molar refractivity (Wildman–Crippen MR) is 88.2 cm³/mol. The van der Waals surface area contributed by atoms with Gasteiger partial charge in [-0.25, -0.2) is 4.98 Å². The van der Waals surface area contributed by atoms with E-state index in [1.165, 1.54) is 23.3 Å². The molecule has 0 saturated carbocycles. The number of methoxy groups -OCH3 is 1. The zero-order valence-electron chi connectivity index (χ0n) is 13.6. The Morgan fingerprint density at radius 2 is 2.13 bits per heavy atom. The Bertz CT molecular complexity index is 700. The Kier molecular flexibility index (Phi) is 5.44. The molecule has 2 aromatic heterocycles. The lowest BCUT2D eigenvalue weighted by molar-refractivity contribution is -0.145. The number of aryl methyl sites for hydroxylation is 1. The van der Waals surface area contributed by atoms with Crippen molar-refractivity contribution < 1.29 is 14.3 Å². The predicted octanol–water partition coefficient (Wildman–Crippen LogP) is 2.39. The van der Waals surface area contributed by atoms with Crippen LogP contribution in [0.5, 0.6) is 0 Å². The van der Waals surface area contributed by atoms with Crippen LogP contribution in [0.4, 0.5) is 0 Å². The zero-order valence-corrected chi connectivity index (χ0v) is 14.4. The number of hydrogen-bond acceptors (Lipinski definition) is 6. The average molecular weight is 333 g/mol. The standard InChI is InChI=1S/C16H19N3O3S/c1-10(16(21)22-4)9-19(3)15(20)13-11(2)18-14(23-13)12-7-5-6-8-17-12/h5-8,10H,9H2,1-4H3. The molecule has 2 aromatic rings. The highest BCUT2D eigenvalue weighted by Gasteiger charge is 2.23. The van der Waals surface area contributed by atoms with E-state index in [4.69, 9.17) is 0 Å². The van der Waals surface area contributed by atoms with Crippen LogP contribution in [0.1, 0.15) is 22.3 Å². The van der Waals surface area contributed by atoms with Gasteiger partial charge >= 0.3 is 5.97 Å². The molecule has 122 valence electrons. The molecule has 0 aliphatic heterocycles. The number of pyridine rings is 1. The maximum Gasteiger partial charge on any atom is 0.310 e. The van der Waals surface area contributed by atoms with E-state index in [-0.39, 0.29) is 17.8 Å². The van der Waals surface area contributed by atoms with Gasteiger partial charge < -0.3 is 9.64 Å². The zero-order chi connectivity index (χ0) is 17.0. The summed E-state index contributed by atoms with van der Waals surface area (Å²) in [5.74, 6) is -0.866. The molecule has 0 saturated heterocycles. The number of amides is 1. The van der Waals surface area contributed by atoms with Gasteiger partial charge in [0.1, 0.15) is 9.88 Å². The van der Waals surface area contributed by atoms with Crippen LogP contribution in [0.3, 0.4) is 0 Å². The quantitative estimate of drug-likeness (QED) is 0.786. The van der Waals surface area contributed by atoms with Gasteiger partial charge in [-0.15, -0.1) is 11.3 Å². The first-order valence-electron chi connectivity index (χ1n) is 7.16. The number of rotatable bonds is 5. The first-order chi connectivity index (χ1) is 10.9. The maximum absolute atomic E-state index is 12.6. The third-order valence-electron chi connectivity index (χ3n) is 3.37. The molecular formula is C16H19N3O3S. The fourth-order valence-corrected chi connectivity index (χ4v) is 3.17. The average Bonchev–Trinajstić information content (AvgIpc) is 2.95. The summed E-state index contributed by atoms with van der Waals surface area (Å²) in [5.41, 5.74) is 1.41. The molecule has 0 N–H and O–H groups in total. The van der Waals surface area contributed by atoms with Gasteiger partial charge in [0.05, 0.1) is 24.4 Å². The van der Waals surface area contributed by atoms with E-state index in [0.29, 0.717) is 22.1 Å². The van der Waals surface area contributed by atoms with E-state index in [1.807, 2.05) is 18.2 Å². The van der Waals surface area contributed by atoms with Gasteiger partial charge in [-0.1, -0.05) is 13.0 Å². The lowest BCUT2D eigenvalue weighted by Crippen LogP contribution is -2.34. The van der Waals surface area contributed by atoms with Crippen LogP contribution in [0.15, 0.2) is 24.4 Å². The minimum absolute atomic E-state index is 0.155. The monoisotopic (exact) mass is 333 g/mol. The van der Waals surface area contributed by atoms with Crippen LogP contribution >= 0.6 is 11.3 Å². The van der Waals surface area contributed by atoms with Gasteiger partial charge in [-0.2, -0.15) is 0 Å². The molecule has 6 nitrogen and oxygen atoms in total. The number of carbonyl (C=O) groups excluding carboxylic acids is 2. The molecule has 0 spiro atoms. The third-order valence-corrected chi connectivity index (χ3v) is 4.54. The molecule has 23 heavy (non-hydrogen) atoms. The summed E-state index contributed by atoms with van der Waals surface area (Å²) >= 11 is 1.31. The van der Waals surface area contributed by atoms with Gasteiger partial charge in [-0.3, -0.25) is 14.6 Å².